The quantitative estimate of drug-likeness (QED) is 0.292. The smallest absolute Gasteiger partial charge is 0.216 e. The van der Waals surface area contributed by atoms with E-state index in [4.69, 9.17) is 4.42 Å². The summed E-state index contributed by atoms with van der Waals surface area (Å²) in [7, 11) is 0. The molecule has 0 unspecified atom stereocenters. The van der Waals surface area contributed by atoms with Crippen LogP contribution in [0.2, 0.25) is 0 Å². The number of likely N-dealkylation sites (tertiary alicyclic amines) is 2. The molecule has 2 aliphatic rings. The molecule has 202 valence electrons. The number of carbonyl (C=O) groups excluding carboxylic acids is 2. The second kappa shape index (κ2) is 13.7. The van der Waals surface area contributed by atoms with Crippen molar-refractivity contribution < 1.29 is 14.0 Å². The van der Waals surface area contributed by atoms with Gasteiger partial charge in [-0.25, -0.2) is 0 Å². The van der Waals surface area contributed by atoms with Crippen LogP contribution in [0.4, 0.5) is 0 Å². The van der Waals surface area contributed by atoms with Gasteiger partial charge in [0.05, 0.1) is 0 Å². The fraction of sp³-hybridized carbons (Fsp3) is 0.500. The number of nitrogens with zero attached hydrogens (tertiary/aromatic N) is 2. The molecular formula is C28H36Cl2N2O3S2. The summed E-state index contributed by atoms with van der Waals surface area (Å²) < 4.78 is 6.29. The van der Waals surface area contributed by atoms with Crippen LogP contribution in [-0.4, -0.2) is 59.3 Å². The fourth-order valence-corrected chi connectivity index (χ4v) is 6.26. The maximum absolute atomic E-state index is 13.0. The number of fused-ring (bicyclic) bond motifs is 3. The lowest BCUT2D eigenvalue weighted by Gasteiger charge is -2.28. The van der Waals surface area contributed by atoms with E-state index in [9.17, 15) is 9.59 Å². The fourth-order valence-electron chi connectivity index (χ4n) is 5.84. The standard InChI is InChI=1S/C28H34N2O3S2.2ClH/c31-27(34)20-7-8-23-22(17-20)26-21(10-16-30-13-5-2-6-14-30)25(28(32)35)19(18-24(26)33-23)9-15-29-11-3-1-4-12-29;;/h7-8,17-18H,1-6,9-16H2,(H,31,34)(H,32,35);2*1H. The van der Waals surface area contributed by atoms with Gasteiger partial charge in [-0.15, -0.1) is 50.1 Å². The second-order valence-corrected chi connectivity index (χ2v) is 10.8. The molecule has 37 heavy (non-hydrogen) atoms. The molecule has 1 aromatic heterocycles. The van der Waals surface area contributed by atoms with Crippen LogP contribution in [0, 0.1) is 0 Å². The van der Waals surface area contributed by atoms with Gasteiger partial charge in [0.1, 0.15) is 11.2 Å². The van der Waals surface area contributed by atoms with Crippen molar-refractivity contribution in [3.8, 4) is 0 Å². The van der Waals surface area contributed by atoms with Gasteiger partial charge < -0.3 is 14.2 Å². The van der Waals surface area contributed by atoms with Crippen molar-refractivity contribution in [3.05, 3.63) is 46.5 Å². The van der Waals surface area contributed by atoms with E-state index in [1.807, 2.05) is 18.2 Å². The first-order valence-electron chi connectivity index (χ1n) is 12.9. The minimum Gasteiger partial charge on any atom is -0.456 e. The Labute approximate surface area is 242 Å². The third kappa shape index (κ3) is 6.87. The minimum absolute atomic E-state index is 0. The molecule has 0 aliphatic carbocycles. The summed E-state index contributed by atoms with van der Waals surface area (Å²) in [5, 5.41) is 1.34. The minimum atomic E-state index is -0.278. The molecule has 2 saturated heterocycles. The molecule has 0 radical (unpaired) electrons. The number of halogens is 2. The van der Waals surface area contributed by atoms with Gasteiger partial charge >= 0.3 is 0 Å². The van der Waals surface area contributed by atoms with Gasteiger partial charge in [-0.05, 0) is 100 Å². The average molecular weight is 584 g/mol. The Morgan fingerprint density at radius 3 is 1.92 bits per heavy atom. The van der Waals surface area contributed by atoms with Crippen molar-refractivity contribution >= 4 is 82.2 Å². The molecule has 0 bridgehead atoms. The van der Waals surface area contributed by atoms with E-state index in [2.05, 4.69) is 35.1 Å². The number of rotatable bonds is 8. The van der Waals surface area contributed by atoms with E-state index in [1.54, 1.807) is 6.07 Å². The zero-order valence-electron chi connectivity index (χ0n) is 21.0. The summed E-state index contributed by atoms with van der Waals surface area (Å²) in [6, 6.07) is 7.47. The number of piperidine rings is 2. The first kappa shape index (κ1) is 30.3. The van der Waals surface area contributed by atoms with E-state index in [0.717, 1.165) is 90.7 Å². The maximum Gasteiger partial charge on any atom is 0.216 e. The van der Waals surface area contributed by atoms with Crippen LogP contribution >= 0.6 is 50.1 Å². The SMILES string of the molecule is Cl.Cl.O=C(S)c1ccc2oc3cc(CCN4CCCCC4)c(C(=O)S)c(CCN4CCCCC4)c3c2c1. The first-order valence-corrected chi connectivity index (χ1v) is 13.8. The number of furan rings is 1. The van der Waals surface area contributed by atoms with Gasteiger partial charge in [0.25, 0.3) is 0 Å². The number of hydrogen-bond donors (Lipinski definition) is 2. The molecule has 5 rings (SSSR count). The molecular weight excluding hydrogens is 547 g/mol. The molecule has 0 amide bonds. The number of carbonyl (C=O) groups is 2. The molecule has 2 aliphatic heterocycles. The normalized spacial score (nSPS) is 16.9. The molecule has 3 aromatic rings. The molecule has 0 atom stereocenters. The van der Waals surface area contributed by atoms with Gasteiger partial charge in [-0.2, -0.15) is 0 Å². The Hall–Kier alpha value is -1.22. The summed E-state index contributed by atoms with van der Waals surface area (Å²) in [5.41, 5.74) is 4.77. The predicted molar refractivity (Wildman–Crippen MR) is 163 cm³/mol. The lowest BCUT2D eigenvalue weighted by atomic mass is 9.92. The molecule has 3 heterocycles. The van der Waals surface area contributed by atoms with E-state index in [0.29, 0.717) is 5.56 Å². The van der Waals surface area contributed by atoms with Crippen LogP contribution in [0.1, 0.15) is 70.4 Å². The lowest BCUT2D eigenvalue weighted by molar-refractivity contribution is 0.108. The highest BCUT2D eigenvalue weighted by molar-refractivity contribution is 7.97. The summed E-state index contributed by atoms with van der Waals surface area (Å²) >= 11 is 8.38. The Morgan fingerprint density at radius 1 is 0.757 bits per heavy atom. The number of thiol groups is 2. The Bertz CT molecular complexity index is 1250. The van der Waals surface area contributed by atoms with Crippen molar-refractivity contribution in [3.63, 3.8) is 0 Å². The van der Waals surface area contributed by atoms with Crippen molar-refractivity contribution in [2.24, 2.45) is 0 Å². The number of benzene rings is 2. The Morgan fingerprint density at radius 2 is 1.35 bits per heavy atom. The van der Waals surface area contributed by atoms with E-state index in [-0.39, 0.29) is 35.0 Å². The van der Waals surface area contributed by atoms with Gasteiger partial charge in [0.2, 0.25) is 10.2 Å². The number of hydrogen-bond acceptors (Lipinski definition) is 5. The van der Waals surface area contributed by atoms with Crippen molar-refractivity contribution in [2.75, 3.05) is 39.3 Å². The van der Waals surface area contributed by atoms with Crippen molar-refractivity contribution in [1.29, 1.82) is 0 Å². The first-order chi connectivity index (χ1) is 17.0. The lowest BCUT2D eigenvalue weighted by Crippen LogP contribution is -2.32. The molecule has 0 saturated carbocycles. The van der Waals surface area contributed by atoms with Crippen molar-refractivity contribution in [2.45, 2.75) is 51.4 Å². The molecule has 0 spiro atoms. The molecule has 2 aromatic carbocycles. The average Bonchev–Trinajstić information content (AvgIpc) is 3.24. The summed E-state index contributed by atoms with van der Waals surface area (Å²) in [6.45, 7) is 6.29. The van der Waals surface area contributed by atoms with Crippen LogP contribution in [0.25, 0.3) is 21.9 Å². The van der Waals surface area contributed by atoms with Gasteiger partial charge in [-0.3, -0.25) is 9.59 Å². The van der Waals surface area contributed by atoms with E-state index in [1.165, 1.54) is 38.5 Å². The van der Waals surface area contributed by atoms with Gasteiger partial charge in [0.15, 0.2) is 0 Å². The van der Waals surface area contributed by atoms with Gasteiger partial charge in [0, 0.05) is 35.0 Å². The van der Waals surface area contributed by atoms with Crippen LogP contribution in [0.3, 0.4) is 0 Å². The predicted octanol–water partition coefficient (Wildman–Crippen LogP) is 6.63. The summed E-state index contributed by atoms with van der Waals surface area (Å²) in [5.74, 6) is 0. The highest BCUT2D eigenvalue weighted by Gasteiger charge is 2.24. The monoisotopic (exact) mass is 582 g/mol. The Balaban J connectivity index is 0.00000190. The maximum atomic E-state index is 13.0. The Kier molecular flexibility index (Phi) is 11.2. The van der Waals surface area contributed by atoms with Gasteiger partial charge in [-0.1, -0.05) is 12.8 Å². The molecule has 9 heteroatoms. The highest BCUT2D eigenvalue weighted by Crippen LogP contribution is 2.37. The molecule has 2 fully saturated rings. The second-order valence-electron chi connectivity index (χ2n) is 9.99. The van der Waals surface area contributed by atoms with Crippen molar-refractivity contribution in [1.82, 2.24) is 9.80 Å². The van der Waals surface area contributed by atoms with Crippen LogP contribution in [0.15, 0.2) is 28.7 Å². The van der Waals surface area contributed by atoms with E-state index < -0.39 is 0 Å². The largest absolute Gasteiger partial charge is 0.456 e. The summed E-state index contributed by atoms with van der Waals surface area (Å²) in [4.78, 5) is 30.0. The zero-order chi connectivity index (χ0) is 24.4. The van der Waals surface area contributed by atoms with E-state index >= 15 is 0 Å². The molecule has 5 nitrogen and oxygen atoms in total. The topological polar surface area (TPSA) is 53.8 Å². The van der Waals surface area contributed by atoms with Crippen LogP contribution < -0.4 is 0 Å². The van der Waals surface area contributed by atoms with Crippen LogP contribution in [0.5, 0.6) is 0 Å². The third-order valence-electron chi connectivity index (χ3n) is 7.68. The summed E-state index contributed by atoms with van der Waals surface area (Å²) in [6.07, 6.45) is 9.09. The highest BCUT2D eigenvalue weighted by atomic mass is 35.5. The third-order valence-corrected chi connectivity index (χ3v) is 8.16. The molecule has 0 N–H and O–H groups in total. The van der Waals surface area contributed by atoms with Crippen LogP contribution in [-0.2, 0) is 12.8 Å². The zero-order valence-corrected chi connectivity index (χ0v) is 24.5.